The van der Waals surface area contributed by atoms with Crippen LogP contribution in [0.5, 0.6) is 0 Å². The highest BCUT2D eigenvalue weighted by Gasteiger charge is 1.95. The maximum atomic E-state index is 10.0. The van der Waals surface area contributed by atoms with Crippen LogP contribution < -0.4 is 0 Å². The van der Waals surface area contributed by atoms with E-state index < -0.39 is 6.16 Å². The third kappa shape index (κ3) is 13.3. The summed E-state index contributed by atoms with van der Waals surface area (Å²) in [5.41, 5.74) is 0. The van der Waals surface area contributed by atoms with Crippen LogP contribution in [0.15, 0.2) is 0 Å². The number of unbranched alkanes of at least 4 members (excludes halogenated alkanes) is 8. The molecule has 0 aliphatic rings. The first kappa shape index (κ1) is 14.3. The summed E-state index contributed by atoms with van der Waals surface area (Å²) < 4.78 is 4.42. The van der Waals surface area contributed by atoms with Crippen LogP contribution in [0.3, 0.4) is 0 Å². The minimum atomic E-state index is -1.16. The number of hydrogen-bond acceptors (Lipinski definition) is 2. The average Bonchev–Trinajstić information content (AvgIpc) is 2.20. The van der Waals surface area contributed by atoms with Crippen molar-refractivity contribution < 1.29 is 14.6 Å². The Morgan fingerprint density at radius 1 is 0.933 bits per heavy atom. The lowest BCUT2D eigenvalue weighted by Crippen LogP contribution is -2.01. The quantitative estimate of drug-likeness (QED) is 0.439. The third-order valence-electron chi connectivity index (χ3n) is 2.47. The number of carboxylic acid groups (broad SMARTS) is 1. The Labute approximate surface area is 92.8 Å². The Morgan fingerprint density at radius 2 is 1.40 bits per heavy atom. The predicted octanol–water partition coefficient (Wildman–Crippen LogP) is 4.21. The fourth-order valence-corrected chi connectivity index (χ4v) is 1.57. The fourth-order valence-electron chi connectivity index (χ4n) is 1.57. The first-order valence-corrected chi connectivity index (χ1v) is 6.13. The largest absolute Gasteiger partial charge is 0.505 e. The lowest BCUT2D eigenvalue weighted by Gasteiger charge is -2.01. The maximum absolute atomic E-state index is 10.0. The molecule has 0 rings (SSSR count). The molecule has 0 aromatic carbocycles. The van der Waals surface area contributed by atoms with Crippen LogP contribution in [0.1, 0.15) is 64.7 Å². The van der Waals surface area contributed by atoms with Crippen molar-refractivity contribution in [1.82, 2.24) is 0 Å². The number of rotatable bonds is 10. The van der Waals surface area contributed by atoms with Gasteiger partial charge in [0, 0.05) is 0 Å². The SMILES string of the molecule is CCCCCCCCCCCOC(=O)O. The lowest BCUT2D eigenvalue weighted by molar-refractivity contribution is 0.0899. The molecule has 0 aromatic rings. The second-order valence-corrected chi connectivity index (χ2v) is 3.94. The average molecular weight is 216 g/mol. The molecule has 3 nitrogen and oxygen atoms in total. The van der Waals surface area contributed by atoms with Gasteiger partial charge in [0.05, 0.1) is 6.61 Å². The van der Waals surface area contributed by atoms with E-state index in [1.165, 1.54) is 44.9 Å². The van der Waals surface area contributed by atoms with Gasteiger partial charge < -0.3 is 9.84 Å². The molecule has 1 N–H and O–H groups in total. The van der Waals surface area contributed by atoms with E-state index >= 15 is 0 Å². The van der Waals surface area contributed by atoms with Gasteiger partial charge >= 0.3 is 6.16 Å². The first-order valence-electron chi connectivity index (χ1n) is 6.13. The Balaban J connectivity index is 2.89. The van der Waals surface area contributed by atoms with E-state index in [1.807, 2.05) is 0 Å². The minimum absolute atomic E-state index is 0.352. The van der Waals surface area contributed by atoms with Gasteiger partial charge in [-0.25, -0.2) is 4.79 Å². The number of hydrogen-bond donors (Lipinski definition) is 1. The van der Waals surface area contributed by atoms with E-state index in [-0.39, 0.29) is 0 Å². The Morgan fingerprint density at radius 3 is 1.87 bits per heavy atom. The third-order valence-corrected chi connectivity index (χ3v) is 2.47. The maximum Gasteiger partial charge on any atom is 0.505 e. The molecule has 3 heteroatoms. The summed E-state index contributed by atoms with van der Waals surface area (Å²) >= 11 is 0. The zero-order valence-electron chi connectivity index (χ0n) is 9.83. The van der Waals surface area contributed by atoms with Crippen LogP contribution in [0.25, 0.3) is 0 Å². The van der Waals surface area contributed by atoms with E-state index in [9.17, 15) is 4.79 Å². The van der Waals surface area contributed by atoms with E-state index in [0.29, 0.717) is 6.61 Å². The smallest absolute Gasteiger partial charge is 0.450 e. The van der Waals surface area contributed by atoms with Gasteiger partial charge in [0.15, 0.2) is 0 Å². The van der Waals surface area contributed by atoms with Crippen molar-refractivity contribution in [2.75, 3.05) is 6.61 Å². The molecule has 0 fully saturated rings. The molecule has 0 saturated carbocycles. The van der Waals surface area contributed by atoms with E-state index in [1.54, 1.807) is 0 Å². The van der Waals surface area contributed by atoms with Crippen LogP contribution in [-0.2, 0) is 4.74 Å². The van der Waals surface area contributed by atoms with Crippen LogP contribution in [0.2, 0.25) is 0 Å². The van der Waals surface area contributed by atoms with Gasteiger partial charge in [-0.05, 0) is 6.42 Å². The van der Waals surface area contributed by atoms with Gasteiger partial charge in [0.2, 0.25) is 0 Å². The molecular formula is C12H24O3. The number of ether oxygens (including phenoxy) is 1. The normalized spacial score (nSPS) is 10.2. The van der Waals surface area contributed by atoms with Gasteiger partial charge in [0.25, 0.3) is 0 Å². The second-order valence-electron chi connectivity index (χ2n) is 3.94. The van der Waals surface area contributed by atoms with Gasteiger partial charge in [0.1, 0.15) is 0 Å². The van der Waals surface area contributed by atoms with Crippen molar-refractivity contribution in [2.45, 2.75) is 64.7 Å². The van der Waals surface area contributed by atoms with Crippen molar-refractivity contribution >= 4 is 6.16 Å². The Bertz CT molecular complexity index is 146. The van der Waals surface area contributed by atoms with Crippen molar-refractivity contribution in [3.63, 3.8) is 0 Å². The van der Waals surface area contributed by atoms with E-state index in [0.717, 1.165) is 12.8 Å². The van der Waals surface area contributed by atoms with Crippen LogP contribution in [-0.4, -0.2) is 17.9 Å². The van der Waals surface area contributed by atoms with E-state index in [2.05, 4.69) is 11.7 Å². The van der Waals surface area contributed by atoms with Crippen molar-refractivity contribution in [2.24, 2.45) is 0 Å². The molecule has 0 aliphatic carbocycles. The summed E-state index contributed by atoms with van der Waals surface area (Å²) in [6, 6.07) is 0. The van der Waals surface area contributed by atoms with Crippen LogP contribution >= 0.6 is 0 Å². The summed E-state index contributed by atoms with van der Waals surface area (Å²) in [7, 11) is 0. The standard InChI is InChI=1S/C12H24O3/c1-2-3-4-5-6-7-8-9-10-11-15-12(13)14/h2-11H2,1H3,(H,13,14). The molecule has 0 unspecified atom stereocenters. The summed E-state index contributed by atoms with van der Waals surface area (Å²) in [5.74, 6) is 0. The molecule has 0 saturated heterocycles. The molecule has 15 heavy (non-hydrogen) atoms. The van der Waals surface area contributed by atoms with E-state index in [4.69, 9.17) is 5.11 Å². The summed E-state index contributed by atoms with van der Waals surface area (Å²) in [6.07, 6.45) is 9.94. The molecular weight excluding hydrogens is 192 g/mol. The summed E-state index contributed by atoms with van der Waals surface area (Å²) in [6.45, 7) is 2.58. The van der Waals surface area contributed by atoms with Crippen LogP contribution in [0, 0.1) is 0 Å². The Kier molecular flexibility index (Phi) is 10.8. The van der Waals surface area contributed by atoms with Crippen molar-refractivity contribution in [1.29, 1.82) is 0 Å². The molecule has 0 bridgehead atoms. The van der Waals surface area contributed by atoms with Crippen LogP contribution in [0.4, 0.5) is 4.79 Å². The zero-order valence-corrected chi connectivity index (χ0v) is 9.83. The Hall–Kier alpha value is -0.730. The first-order chi connectivity index (χ1) is 7.27. The molecule has 0 spiro atoms. The molecule has 0 radical (unpaired) electrons. The molecule has 90 valence electrons. The predicted molar refractivity (Wildman–Crippen MR) is 61.2 cm³/mol. The highest BCUT2D eigenvalue weighted by molar-refractivity contribution is 5.56. The van der Waals surface area contributed by atoms with Gasteiger partial charge in [-0.2, -0.15) is 0 Å². The second kappa shape index (κ2) is 11.3. The van der Waals surface area contributed by atoms with Gasteiger partial charge in [-0.1, -0.05) is 58.3 Å². The van der Waals surface area contributed by atoms with Crippen molar-refractivity contribution in [3.8, 4) is 0 Å². The number of carbonyl (C=O) groups is 1. The molecule has 0 atom stereocenters. The topological polar surface area (TPSA) is 46.5 Å². The summed E-state index contributed by atoms with van der Waals surface area (Å²) in [4.78, 5) is 10.0. The van der Waals surface area contributed by atoms with Gasteiger partial charge in [-0.3, -0.25) is 0 Å². The molecule has 0 heterocycles. The zero-order chi connectivity index (χ0) is 11.4. The highest BCUT2D eigenvalue weighted by atomic mass is 16.7. The molecule has 0 amide bonds. The summed E-state index contributed by atoms with van der Waals surface area (Å²) in [5, 5.41) is 8.21. The molecule has 0 aromatic heterocycles. The minimum Gasteiger partial charge on any atom is -0.450 e. The highest BCUT2D eigenvalue weighted by Crippen LogP contribution is 2.09. The lowest BCUT2D eigenvalue weighted by atomic mass is 10.1. The molecule has 0 aliphatic heterocycles. The monoisotopic (exact) mass is 216 g/mol. The van der Waals surface area contributed by atoms with Crippen molar-refractivity contribution in [3.05, 3.63) is 0 Å². The van der Waals surface area contributed by atoms with Gasteiger partial charge in [-0.15, -0.1) is 0 Å². The fraction of sp³-hybridized carbons (Fsp3) is 0.917.